The number of rotatable bonds is 4. The molecule has 1 aromatic heterocycles. The smallest absolute Gasteiger partial charge is 0.347 e. The molecular formula is C17H18Cl2N2O3S. The fourth-order valence-corrected chi connectivity index (χ4v) is 4.29. The number of aryl methyl sites for hydroxylation is 1. The largest absolute Gasteiger partial charge is 0.477 e. The van der Waals surface area contributed by atoms with Gasteiger partial charge in [0.2, 0.25) is 0 Å². The fraction of sp³-hybridized carbons (Fsp3) is 0.412. The number of nitrogens with zero attached hydrogens (tertiary/aromatic N) is 1. The lowest BCUT2D eigenvalue weighted by molar-refractivity contribution is 0.0307. The van der Waals surface area contributed by atoms with Crippen molar-refractivity contribution in [2.24, 2.45) is 5.92 Å². The number of hydrogen-bond donors (Lipinski definition) is 2. The first kappa shape index (κ1) is 18.6. The van der Waals surface area contributed by atoms with Crippen LogP contribution in [0.3, 0.4) is 0 Å². The Bertz CT molecular complexity index is 781. The standard InChI is InChI=1S/C17H18Cl2N2O3S/c1-9-16(17(22)23)25-14(21-9)7-11-8-20-4-5-24-15(11)10-2-3-12(18)13(19)6-10/h2-3,6,11,15,20H,4-5,7-8H2,1H3,(H,22,23)/t11-,15+/m1/s1. The first-order valence-electron chi connectivity index (χ1n) is 7.92. The Balaban J connectivity index is 1.86. The van der Waals surface area contributed by atoms with Crippen LogP contribution < -0.4 is 5.32 Å². The molecule has 2 atom stereocenters. The van der Waals surface area contributed by atoms with Gasteiger partial charge in [0.15, 0.2) is 0 Å². The van der Waals surface area contributed by atoms with Crippen LogP contribution in [-0.2, 0) is 11.2 Å². The average molecular weight is 401 g/mol. The molecule has 2 aromatic rings. The molecule has 1 fully saturated rings. The number of hydrogen-bond acceptors (Lipinski definition) is 5. The predicted molar refractivity (Wildman–Crippen MR) is 99.0 cm³/mol. The topological polar surface area (TPSA) is 71.5 Å². The quantitative estimate of drug-likeness (QED) is 0.811. The van der Waals surface area contributed by atoms with E-state index >= 15 is 0 Å². The van der Waals surface area contributed by atoms with Gasteiger partial charge in [0.1, 0.15) is 4.88 Å². The monoisotopic (exact) mass is 400 g/mol. The van der Waals surface area contributed by atoms with Gasteiger partial charge in [-0.2, -0.15) is 0 Å². The van der Waals surface area contributed by atoms with Gasteiger partial charge in [-0.1, -0.05) is 29.3 Å². The van der Waals surface area contributed by atoms with Gasteiger partial charge in [0, 0.05) is 25.4 Å². The molecular weight excluding hydrogens is 383 g/mol. The zero-order chi connectivity index (χ0) is 18.0. The first-order chi connectivity index (χ1) is 12.0. The maximum Gasteiger partial charge on any atom is 0.347 e. The highest BCUT2D eigenvalue weighted by Gasteiger charge is 2.28. The molecule has 3 rings (SSSR count). The van der Waals surface area contributed by atoms with Crippen LogP contribution >= 0.6 is 34.5 Å². The summed E-state index contributed by atoms with van der Waals surface area (Å²) in [5.74, 6) is -0.815. The lowest BCUT2D eigenvalue weighted by Gasteiger charge is -2.24. The van der Waals surface area contributed by atoms with Crippen molar-refractivity contribution in [2.45, 2.75) is 19.4 Å². The van der Waals surface area contributed by atoms with Crippen LogP contribution in [0.25, 0.3) is 0 Å². The minimum absolute atomic E-state index is 0.118. The molecule has 1 aromatic carbocycles. The van der Waals surface area contributed by atoms with E-state index in [0.29, 0.717) is 33.6 Å². The van der Waals surface area contributed by atoms with E-state index in [1.165, 1.54) is 11.3 Å². The third-order valence-electron chi connectivity index (χ3n) is 4.16. The molecule has 0 unspecified atom stereocenters. The van der Waals surface area contributed by atoms with Gasteiger partial charge in [-0.3, -0.25) is 0 Å². The van der Waals surface area contributed by atoms with Gasteiger partial charge in [0.05, 0.1) is 33.5 Å². The molecule has 134 valence electrons. The fourth-order valence-electron chi connectivity index (χ4n) is 2.99. The van der Waals surface area contributed by atoms with Crippen LogP contribution in [0.15, 0.2) is 18.2 Å². The summed E-state index contributed by atoms with van der Waals surface area (Å²) >= 11 is 13.4. The number of carboxylic acid groups (broad SMARTS) is 1. The number of aromatic nitrogens is 1. The molecule has 0 amide bonds. The van der Waals surface area contributed by atoms with Crippen molar-refractivity contribution in [3.63, 3.8) is 0 Å². The second-order valence-corrected chi connectivity index (χ2v) is 7.86. The molecule has 5 nitrogen and oxygen atoms in total. The number of thiazole rings is 1. The summed E-state index contributed by atoms with van der Waals surface area (Å²) in [7, 11) is 0. The van der Waals surface area contributed by atoms with Crippen molar-refractivity contribution < 1.29 is 14.6 Å². The Kier molecular flexibility index (Phi) is 5.96. The summed E-state index contributed by atoms with van der Waals surface area (Å²) in [6.45, 7) is 3.85. The normalized spacial score (nSPS) is 21.1. The highest BCUT2D eigenvalue weighted by Crippen LogP contribution is 2.34. The van der Waals surface area contributed by atoms with Crippen LogP contribution in [0.5, 0.6) is 0 Å². The average Bonchev–Trinajstić information content (AvgIpc) is 2.78. The Morgan fingerprint density at radius 3 is 2.92 bits per heavy atom. The van der Waals surface area contributed by atoms with Crippen molar-refractivity contribution in [2.75, 3.05) is 19.7 Å². The number of nitrogens with one attached hydrogen (secondary N) is 1. The molecule has 25 heavy (non-hydrogen) atoms. The van der Waals surface area contributed by atoms with Crippen LogP contribution in [0.2, 0.25) is 10.0 Å². The molecule has 0 bridgehead atoms. The lowest BCUT2D eigenvalue weighted by atomic mass is 9.93. The van der Waals surface area contributed by atoms with Gasteiger partial charge >= 0.3 is 5.97 Å². The molecule has 1 aliphatic heterocycles. The number of aromatic carboxylic acids is 1. The van der Waals surface area contributed by atoms with E-state index in [1.54, 1.807) is 13.0 Å². The summed E-state index contributed by atoms with van der Waals surface area (Å²) in [6.07, 6.45) is 0.485. The van der Waals surface area contributed by atoms with E-state index < -0.39 is 5.97 Å². The van der Waals surface area contributed by atoms with Crippen molar-refractivity contribution in [3.8, 4) is 0 Å². The van der Waals surface area contributed by atoms with Crippen molar-refractivity contribution >= 4 is 40.5 Å². The van der Waals surface area contributed by atoms with Crippen LogP contribution in [0.1, 0.15) is 32.0 Å². The molecule has 0 saturated carbocycles. The summed E-state index contributed by atoms with van der Waals surface area (Å²) in [6, 6.07) is 5.53. The molecule has 2 heterocycles. The third-order valence-corrected chi connectivity index (χ3v) is 6.06. The van der Waals surface area contributed by atoms with E-state index in [2.05, 4.69) is 10.3 Å². The van der Waals surface area contributed by atoms with Gasteiger partial charge in [0.25, 0.3) is 0 Å². The maximum absolute atomic E-state index is 11.2. The maximum atomic E-state index is 11.2. The highest BCUT2D eigenvalue weighted by molar-refractivity contribution is 7.13. The lowest BCUT2D eigenvalue weighted by Crippen LogP contribution is -2.26. The molecule has 2 N–H and O–H groups in total. The van der Waals surface area contributed by atoms with E-state index in [1.807, 2.05) is 12.1 Å². The van der Waals surface area contributed by atoms with E-state index in [9.17, 15) is 9.90 Å². The molecule has 1 saturated heterocycles. The second-order valence-electron chi connectivity index (χ2n) is 5.96. The van der Waals surface area contributed by atoms with Crippen LogP contribution in [0.4, 0.5) is 0 Å². The van der Waals surface area contributed by atoms with E-state index in [4.69, 9.17) is 27.9 Å². The third kappa shape index (κ3) is 4.33. The van der Waals surface area contributed by atoms with Crippen LogP contribution in [-0.4, -0.2) is 35.8 Å². The minimum Gasteiger partial charge on any atom is -0.477 e. The van der Waals surface area contributed by atoms with Gasteiger partial charge in [-0.15, -0.1) is 11.3 Å². The Morgan fingerprint density at radius 1 is 1.44 bits per heavy atom. The molecule has 0 aliphatic carbocycles. The van der Waals surface area contributed by atoms with Gasteiger partial charge in [-0.25, -0.2) is 9.78 Å². The summed E-state index contributed by atoms with van der Waals surface area (Å²) in [4.78, 5) is 16.0. The molecule has 8 heteroatoms. The highest BCUT2D eigenvalue weighted by atomic mass is 35.5. The number of ether oxygens (including phenoxy) is 1. The first-order valence-corrected chi connectivity index (χ1v) is 9.50. The Labute approximate surface area is 159 Å². The molecule has 1 aliphatic rings. The Hall–Kier alpha value is -1.18. The number of benzene rings is 1. The van der Waals surface area contributed by atoms with Crippen molar-refractivity contribution in [3.05, 3.63) is 49.4 Å². The minimum atomic E-state index is -0.933. The van der Waals surface area contributed by atoms with Gasteiger partial charge in [-0.05, 0) is 24.6 Å². The Morgan fingerprint density at radius 2 is 2.24 bits per heavy atom. The summed E-state index contributed by atoms with van der Waals surface area (Å²) < 4.78 is 6.05. The number of carboxylic acids is 1. The van der Waals surface area contributed by atoms with E-state index in [-0.39, 0.29) is 12.0 Å². The molecule has 0 radical (unpaired) electrons. The van der Waals surface area contributed by atoms with E-state index in [0.717, 1.165) is 23.7 Å². The van der Waals surface area contributed by atoms with Gasteiger partial charge < -0.3 is 15.2 Å². The summed E-state index contributed by atoms with van der Waals surface area (Å²) in [5, 5.41) is 14.4. The zero-order valence-electron chi connectivity index (χ0n) is 13.6. The SMILES string of the molecule is Cc1nc(C[C@@H]2CNCCO[C@H]2c2ccc(Cl)c(Cl)c2)sc1C(=O)O. The molecule has 0 spiro atoms. The van der Waals surface area contributed by atoms with Crippen LogP contribution in [0, 0.1) is 12.8 Å². The summed E-state index contributed by atoms with van der Waals surface area (Å²) in [5.41, 5.74) is 1.52. The number of halogens is 2. The zero-order valence-corrected chi connectivity index (χ0v) is 15.9. The second kappa shape index (κ2) is 8.01. The van der Waals surface area contributed by atoms with Crippen molar-refractivity contribution in [1.82, 2.24) is 10.3 Å². The number of carbonyl (C=O) groups is 1. The van der Waals surface area contributed by atoms with Crippen molar-refractivity contribution in [1.29, 1.82) is 0 Å². The predicted octanol–water partition coefficient (Wildman–Crippen LogP) is 3.98.